The lowest BCUT2D eigenvalue weighted by molar-refractivity contribution is -0.122. The first-order chi connectivity index (χ1) is 9.56. The molecule has 104 valence electrons. The zero-order chi connectivity index (χ0) is 14.5. The maximum atomic E-state index is 12.0. The lowest BCUT2D eigenvalue weighted by atomic mass is 10.2. The molecule has 0 aromatic heterocycles. The fraction of sp³-hybridized carbons (Fsp3) is 0.188. The number of hydrogen-bond acceptors (Lipinski definition) is 2. The van der Waals surface area contributed by atoms with Crippen LogP contribution in [0.4, 0.5) is 5.69 Å². The van der Waals surface area contributed by atoms with Crippen molar-refractivity contribution in [3.05, 3.63) is 59.1 Å². The molecule has 20 heavy (non-hydrogen) atoms. The molecule has 3 nitrogen and oxygen atoms in total. The zero-order valence-corrected chi connectivity index (χ0v) is 12.1. The number of ether oxygens (including phenoxy) is 1. The Bertz CT molecular complexity index is 599. The minimum atomic E-state index is -0.630. The van der Waals surface area contributed by atoms with E-state index in [1.165, 1.54) is 0 Å². The molecule has 0 spiro atoms. The molecule has 0 aliphatic heterocycles. The van der Waals surface area contributed by atoms with Gasteiger partial charge in [0.1, 0.15) is 5.75 Å². The maximum Gasteiger partial charge on any atom is 0.265 e. The first-order valence-electron chi connectivity index (χ1n) is 6.35. The van der Waals surface area contributed by atoms with Gasteiger partial charge in [0.25, 0.3) is 5.91 Å². The number of nitrogens with one attached hydrogen (secondary N) is 1. The van der Waals surface area contributed by atoms with Crippen molar-refractivity contribution in [1.29, 1.82) is 0 Å². The highest BCUT2D eigenvalue weighted by Gasteiger charge is 2.16. The van der Waals surface area contributed by atoms with Crippen LogP contribution >= 0.6 is 11.6 Å². The van der Waals surface area contributed by atoms with Gasteiger partial charge in [-0.2, -0.15) is 0 Å². The summed E-state index contributed by atoms with van der Waals surface area (Å²) < 4.78 is 5.62. The van der Waals surface area contributed by atoms with Crippen molar-refractivity contribution >= 4 is 23.2 Å². The molecular formula is C16H16ClNO2. The number of carbonyl (C=O) groups excluding carboxylic acids is 1. The van der Waals surface area contributed by atoms with Gasteiger partial charge in [0.05, 0.1) is 5.02 Å². The summed E-state index contributed by atoms with van der Waals surface area (Å²) >= 11 is 6.05. The van der Waals surface area contributed by atoms with Crippen molar-refractivity contribution < 1.29 is 9.53 Å². The molecule has 1 N–H and O–H groups in total. The average Bonchev–Trinajstić information content (AvgIpc) is 2.44. The van der Waals surface area contributed by atoms with Crippen LogP contribution < -0.4 is 10.1 Å². The summed E-state index contributed by atoms with van der Waals surface area (Å²) in [6.45, 7) is 3.63. The predicted molar refractivity (Wildman–Crippen MR) is 81.4 cm³/mol. The monoisotopic (exact) mass is 289 g/mol. The van der Waals surface area contributed by atoms with Gasteiger partial charge in [0.15, 0.2) is 6.10 Å². The van der Waals surface area contributed by atoms with E-state index in [0.29, 0.717) is 10.8 Å². The van der Waals surface area contributed by atoms with Crippen molar-refractivity contribution in [2.24, 2.45) is 0 Å². The van der Waals surface area contributed by atoms with Crippen molar-refractivity contribution in [3.8, 4) is 5.75 Å². The van der Waals surface area contributed by atoms with Crippen LogP contribution in [0.3, 0.4) is 0 Å². The number of benzene rings is 2. The molecule has 0 heterocycles. The van der Waals surface area contributed by atoms with Gasteiger partial charge in [-0.05, 0) is 43.7 Å². The van der Waals surface area contributed by atoms with Gasteiger partial charge in [-0.15, -0.1) is 0 Å². The van der Waals surface area contributed by atoms with Crippen LogP contribution in [0.5, 0.6) is 5.75 Å². The van der Waals surface area contributed by atoms with E-state index in [4.69, 9.17) is 16.3 Å². The highest BCUT2D eigenvalue weighted by Crippen LogP contribution is 2.26. The molecule has 0 aliphatic carbocycles. The number of anilines is 1. The Hall–Kier alpha value is -2.00. The lowest BCUT2D eigenvalue weighted by Crippen LogP contribution is -2.30. The van der Waals surface area contributed by atoms with Gasteiger partial charge in [-0.25, -0.2) is 0 Å². The molecule has 0 aliphatic rings. The van der Waals surface area contributed by atoms with E-state index in [-0.39, 0.29) is 5.91 Å². The first kappa shape index (κ1) is 14.4. The molecule has 1 atom stereocenters. The molecular weight excluding hydrogens is 274 g/mol. The Morgan fingerprint density at radius 1 is 1.20 bits per heavy atom. The highest BCUT2D eigenvalue weighted by molar-refractivity contribution is 6.32. The average molecular weight is 290 g/mol. The summed E-state index contributed by atoms with van der Waals surface area (Å²) in [5, 5.41) is 3.28. The Morgan fingerprint density at radius 3 is 2.60 bits per heavy atom. The molecule has 0 radical (unpaired) electrons. The summed E-state index contributed by atoms with van der Waals surface area (Å²) in [5.41, 5.74) is 1.77. The largest absolute Gasteiger partial charge is 0.479 e. The van der Waals surface area contributed by atoms with E-state index >= 15 is 0 Å². The number of amides is 1. The van der Waals surface area contributed by atoms with Crippen LogP contribution in [-0.2, 0) is 4.79 Å². The van der Waals surface area contributed by atoms with Crippen molar-refractivity contribution in [2.75, 3.05) is 5.32 Å². The third-order valence-corrected chi connectivity index (χ3v) is 3.11. The second-order valence-electron chi connectivity index (χ2n) is 4.55. The van der Waals surface area contributed by atoms with E-state index in [9.17, 15) is 4.79 Å². The predicted octanol–water partition coefficient (Wildman–Crippen LogP) is 4.05. The summed E-state index contributed by atoms with van der Waals surface area (Å²) in [5.74, 6) is 0.302. The van der Waals surface area contributed by atoms with Crippen LogP contribution in [0, 0.1) is 6.92 Å². The third kappa shape index (κ3) is 3.75. The molecule has 4 heteroatoms. The van der Waals surface area contributed by atoms with Crippen LogP contribution in [0.2, 0.25) is 5.02 Å². The van der Waals surface area contributed by atoms with E-state index in [2.05, 4.69) is 5.32 Å². The van der Waals surface area contributed by atoms with Crippen molar-refractivity contribution in [1.82, 2.24) is 0 Å². The molecule has 0 unspecified atom stereocenters. The van der Waals surface area contributed by atoms with Crippen LogP contribution in [0.25, 0.3) is 0 Å². The van der Waals surface area contributed by atoms with Gasteiger partial charge in [-0.1, -0.05) is 35.9 Å². The molecule has 0 saturated heterocycles. The van der Waals surface area contributed by atoms with Crippen LogP contribution in [-0.4, -0.2) is 12.0 Å². The molecule has 2 aromatic carbocycles. The fourth-order valence-electron chi connectivity index (χ4n) is 1.71. The van der Waals surface area contributed by atoms with Gasteiger partial charge in [0, 0.05) is 5.69 Å². The number of halogens is 1. The summed E-state index contributed by atoms with van der Waals surface area (Å²) in [6, 6.07) is 14.7. The maximum absolute atomic E-state index is 12.0. The molecule has 0 fully saturated rings. The fourth-order valence-corrected chi connectivity index (χ4v) is 1.87. The summed E-state index contributed by atoms with van der Waals surface area (Å²) in [7, 11) is 0. The Kier molecular flexibility index (Phi) is 4.64. The second kappa shape index (κ2) is 6.44. The van der Waals surface area contributed by atoms with E-state index in [0.717, 1.165) is 11.3 Å². The Labute approximate surface area is 123 Å². The lowest BCUT2D eigenvalue weighted by Gasteiger charge is -2.16. The number of rotatable bonds is 4. The smallest absolute Gasteiger partial charge is 0.265 e. The number of para-hydroxylation sites is 1. The molecule has 0 bridgehead atoms. The van der Waals surface area contributed by atoms with Crippen molar-refractivity contribution in [2.45, 2.75) is 20.0 Å². The summed E-state index contributed by atoms with van der Waals surface area (Å²) in [4.78, 5) is 12.0. The third-order valence-electron chi connectivity index (χ3n) is 2.80. The summed E-state index contributed by atoms with van der Waals surface area (Å²) in [6.07, 6.45) is -0.630. The van der Waals surface area contributed by atoms with Crippen LogP contribution in [0.15, 0.2) is 48.5 Å². The normalized spacial score (nSPS) is 11.8. The topological polar surface area (TPSA) is 38.3 Å². The van der Waals surface area contributed by atoms with E-state index in [1.807, 2.05) is 49.4 Å². The molecule has 2 aromatic rings. The minimum absolute atomic E-state index is 0.214. The number of aryl methyl sites for hydroxylation is 1. The number of carbonyl (C=O) groups is 1. The second-order valence-corrected chi connectivity index (χ2v) is 4.96. The van der Waals surface area contributed by atoms with Gasteiger partial charge in [0.2, 0.25) is 0 Å². The van der Waals surface area contributed by atoms with Crippen molar-refractivity contribution in [3.63, 3.8) is 0 Å². The minimum Gasteiger partial charge on any atom is -0.479 e. The van der Waals surface area contributed by atoms with Gasteiger partial charge in [-0.3, -0.25) is 4.79 Å². The van der Waals surface area contributed by atoms with E-state index < -0.39 is 6.10 Å². The Balaban J connectivity index is 2.02. The number of hydrogen-bond donors (Lipinski definition) is 1. The van der Waals surface area contributed by atoms with Crippen LogP contribution in [0.1, 0.15) is 12.5 Å². The highest BCUT2D eigenvalue weighted by atomic mass is 35.5. The van der Waals surface area contributed by atoms with Gasteiger partial charge < -0.3 is 10.1 Å². The molecule has 2 rings (SSSR count). The molecule has 1 amide bonds. The zero-order valence-electron chi connectivity index (χ0n) is 11.4. The Morgan fingerprint density at radius 2 is 1.90 bits per heavy atom. The SMILES string of the molecule is Cc1ccc(Cl)c(O[C@@H](C)C(=O)Nc2ccccc2)c1. The molecule has 0 saturated carbocycles. The quantitative estimate of drug-likeness (QED) is 0.922. The van der Waals surface area contributed by atoms with E-state index in [1.54, 1.807) is 13.0 Å². The standard InChI is InChI=1S/C16H16ClNO2/c1-11-8-9-14(17)15(10-11)20-12(2)16(19)18-13-6-4-3-5-7-13/h3-10,12H,1-2H3,(H,18,19)/t12-/m0/s1. The first-order valence-corrected chi connectivity index (χ1v) is 6.73. The van der Waals surface area contributed by atoms with Gasteiger partial charge >= 0.3 is 0 Å².